The number of benzene rings is 2. The molecule has 2 amide bonds. The number of fused-ring (bicyclic) bond motifs is 1. The van der Waals surface area contributed by atoms with Gasteiger partial charge in [-0.3, -0.25) is 0 Å². The molecule has 6 nitrogen and oxygen atoms in total. The minimum Gasteiger partial charge on any atom is -0.454 e. The van der Waals surface area contributed by atoms with E-state index in [1.54, 1.807) is 24.3 Å². The molecule has 108 valence electrons. The quantitative estimate of drug-likeness (QED) is 0.809. The molecule has 0 unspecified atom stereocenters. The Labute approximate surface area is 121 Å². The number of nitrogens with one attached hydrogen (secondary N) is 2. The molecule has 1 aliphatic rings. The van der Waals surface area contributed by atoms with Crippen molar-refractivity contribution in [3.8, 4) is 11.5 Å². The molecule has 1 aliphatic heterocycles. The lowest BCUT2D eigenvalue weighted by Crippen LogP contribution is -2.19. The molecule has 2 aromatic carbocycles. The van der Waals surface area contributed by atoms with E-state index in [0.29, 0.717) is 29.4 Å². The first-order valence-corrected chi connectivity index (χ1v) is 6.51. The molecule has 0 saturated carbocycles. The molecule has 0 bridgehead atoms. The van der Waals surface area contributed by atoms with Crippen molar-refractivity contribution >= 4 is 17.4 Å². The zero-order chi connectivity index (χ0) is 14.7. The minimum absolute atomic E-state index is 0.205. The fourth-order valence-corrected chi connectivity index (χ4v) is 2.04. The summed E-state index contributed by atoms with van der Waals surface area (Å²) in [7, 11) is 0. The number of hydrogen-bond donors (Lipinski definition) is 3. The van der Waals surface area contributed by atoms with Crippen LogP contribution in [0.2, 0.25) is 0 Å². The van der Waals surface area contributed by atoms with E-state index in [1.165, 1.54) is 0 Å². The SMILES string of the molecule is NCc1cccc(NC(=O)Nc2ccc3c(c2)OCO3)c1. The summed E-state index contributed by atoms with van der Waals surface area (Å²) in [5.74, 6) is 1.30. The molecule has 0 atom stereocenters. The van der Waals surface area contributed by atoms with Crippen molar-refractivity contribution in [2.45, 2.75) is 6.54 Å². The average Bonchev–Trinajstić information content (AvgIpc) is 2.95. The van der Waals surface area contributed by atoms with Crippen LogP contribution < -0.4 is 25.8 Å². The summed E-state index contributed by atoms with van der Waals surface area (Å²) in [4.78, 5) is 12.0. The third-order valence-electron chi connectivity index (χ3n) is 3.05. The molecule has 2 aromatic rings. The summed E-state index contributed by atoms with van der Waals surface area (Å²) in [5.41, 5.74) is 7.85. The Bertz CT molecular complexity index is 673. The highest BCUT2D eigenvalue weighted by atomic mass is 16.7. The minimum atomic E-state index is -0.331. The van der Waals surface area contributed by atoms with E-state index < -0.39 is 0 Å². The Morgan fingerprint density at radius 2 is 1.81 bits per heavy atom. The molecule has 21 heavy (non-hydrogen) atoms. The van der Waals surface area contributed by atoms with Crippen LogP contribution >= 0.6 is 0 Å². The maximum atomic E-state index is 12.0. The Kier molecular flexibility index (Phi) is 3.61. The van der Waals surface area contributed by atoms with Gasteiger partial charge in [-0.1, -0.05) is 12.1 Å². The van der Waals surface area contributed by atoms with Gasteiger partial charge >= 0.3 is 6.03 Å². The molecule has 0 saturated heterocycles. The van der Waals surface area contributed by atoms with Crippen molar-refractivity contribution in [3.05, 3.63) is 48.0 Å². The Hall–Kier alpha value is -2.73. The highest BCUT2D eigenvalue weighted by molar-refractivity contribution is 6.00. The van der Waals surface area contributed by atoms with E-state index in [9.17, 15) is 4.79 Å². The van der Waals surface area contributed by atoms with Gasteiger partial charge in [0.05, 0.1) is 0 Å². The predicted molar refractivity (Wildman–Crippen MR) is 79.5 cm³/mol. The molecule has 0 spiro atoms. The zero-order valence-electron chi connectivity index (χ0n) is 11.3. The van der Waals surface area contributed by atoms with E-state index >= 15 is 0 Å². The van der Waals surface area contributed by atoms with Gasteiger partial charge in [-0.15, -0.1) is 0 Å². The van der Waals surface area contributed by atoms with Crippen LogP contribution in [0.4, 0.5) is 16.2 Å². The molecule has 4 N–H and O–H groups in total. The van der Waals surface area contributed by atoms with Gasteiger partial charge < -0.3 is 25.8 Å². The molecular formula is C15H15N3O3. The lowest BCUT2D eigenvalue weighted by molar-refractivity contribution is 0.174. The summed E-state index contributed by atoms with van der Waals surface area (Å²) in [5, 5.41) is 5.50. The number of urea groups is 1. The smallest absolute Gasteiger partial charge is 0.323 e. The molecule has 0 fully saturated rings. The van der Waals surface area contributed by atoms with Crippen LogP contribution in [-0.4, -0.2) is 12.8 Å². The van der Waals surface area contributed by atoms with Crippen LogP contribution in [0.15, 0.2) is 42.5 Å². The van der Waals surface area contributed by atoms with Crippen molar-refractivity contribution in [2.75, 3.05) is 17.4 Å². The zero-order valence-corrected chi connectivity index (χ0v) is 11.3. The normalized spacial score (nSPS) is 12.0. The fourth-order valence-electron chi connectivity index (χ4n) is 2.04. The van der Waals surface area contributed by atoms with Crippen molar-refractivity contribution < 1.29 is 14.3 Å². The van der Waals surface area contributed by atoms with E-state index in [1.807, 2.05) is 18.2 Å². The fraction of sp³-hybridized carbons (Fsp3) is 0.133. The lowest BCUT2D eigenvalue weighted by atomic mass is 10.2. The van der Waals surface area contributed by atoms with Crippen LogP contribution in [0.1, 0.15) is 5.56 Å². The number of nitrogens with two attached hydrogens (primary N) is 1. The first kappa shape index (κ1) is 13.3. The Morgan fingerprint density at radius 3 is 2.62 bits per heavy atom. The van der Waals surface area contributed by atoms with E-state index in [-0.39, 0.29) is 12.8 Å². The third kappa shape index (κ3) is 3.06. The molecule has 6 heteroatoms. The van der Waals surface area contributed by atoms with Gasteiger partial charge in [-0.05, 0) is 29.8 Å². The second-order valence-electron chi connectivity index (χ2n) is 4.55. The summed E-state index contributed by atoms with van der Waals surface area (Å²) in [6, 6.07) is 12.3. The molecule has 3 rings (SSSR count). The van der Waals surface area contributed by atoms with Crippen LogP contribution in [-0.2, 0) is 6.54 Å². The monoisotopic (exact) mass is 285 g/mol. The summed E-state index contributed by atoms with van der Waals surface area (Å²) in [6.45, 7) is 0.635. The van der Waals surface area contributed by atoms with Crippen LogP contribution in [0.3, 0.4) is 0 Å². The highest BCUT2D eigenvalue weighted by Gasteiger charge is 2.14. The van der Waals surface area contributed by atoms with Gasteiger partial charge in [0, 0.05) is 24.0 Å². The summed E-state index contributed by atoms with van der Waals surface area (Å²) < 4.78 is 10.5. The number of carbonyl (C=O) groups excluding carboxylic acids is 1. The van der Waals surface area contributed by atoms with Crippen LogP contribution in [0.5, 0.6) is 11.5 Å². The summed E-state index contributed by atoms with van der Waals surface area (Å²) in [6.07, 6.45) is 0. The third-order valence-corrected chi connectivity index (χ3v) is 3.05. The van der Waals surface area contributed by atoms with Crippen molar-refractivity contribution in [1.29, 1.82) is 0 Å². The topological polar surface area (TPSA) is 85.6 Å². The molecule has 0 aliphatic carbocycles. The maximum Gasteiger partial charge on any atom is 0.323 e. The van der Waals surface area contributed by atoms with E-state index in [2.05, 4.69) is 10.6 Å². The number of rotatable bonds is 3. The van der Waals surface area contributed by atoms with Gasteiger partial charge in [0.15, 0.2) is 11.5 Å². The van der Waals surface area contributed by atoms with Gasteiger partial charge in [0.25, 0.3) is 0 Å². The van der Waals surface area contributed by atoms with E-state index in [4.69, 9.17) is 15.2 Å². The second-order valence-corrected chi connectivity index (χ2v) is 4.55. The second kappa shape index (κ2) is 5.72. The number of anilines is 2. The molecular weight excluding hydrogens is 270 g/mol. The number of carbonyl (C=O) groups is 1. The largest absolute Gasteiger partial charge is 0.454 e. The average molecular weight is 285 g/mol. The van der Waals surface area contributed by atoms with Crippen LogP contribution in [0.25, 0.3) is 0 Å². The van der Waals surface area contributed by atoms with Gasteiger partial charge in [-0.2, -0.15) is 0 Å². The maximum absolute atomic E-state index is 12.0. The molecule has 0 radical (unpaired) electrons. The van der Waals surface area contributed by atoms with E-state index in [0.717, 1.165) is 5.56 Å². The number of hydrogen-bond acceptors (Lipinski definition) is 4. The first-order valence-electron chi connectivity index (χ1n) is 6.51. The highest BCUT2D eigenvalue weighted by Crippen LogP contribution is 2.34. The van der Waals surface area contributed by atoms with Crippen LogP contribution in [0, 0.1) is 0 Å². The Morgan fingerprint density at radius 1 is 1.05 bits per heavy atom. The number of amides is 2. The predicted octanol–water partition coefficient (Wildman–Crippen LogP) is 2.52. The van der Waals surface area contributed by atoms with Crippen molar-refractivity contribution in [2.24, 2.45) is 5.73 Å². The number of ether oxygens (including phenoxy) is 2. The van der Waals surface area contributed by atoms with Gasteiger partial charge in [0.1, 0.15) is 0 Å². The molecule has 1 heterocycles. The standard InChI is InChI=1S/C15H15N3O3/c16-8-10-2-1-3-11(6-10)17-15(19)18-12-4-5-13-14(7-12)21-9-20-13/h1-7H,8-9,16H2,(H2,17,18,19). The van der Waals surface area contributed by atoms with Gasteiger partial charge in [-0.25, -0.2) is 4.79 Å². The Balaban J connectivity index is 1.66. The van der Waals surface area contributed by atoms with Gasteiger partial charge in [0.2, 0.25) is 6.79 Å². The first-order chi connectivity index (χ1) is 10.2. The van der Waals surface area contributed by atoms with Crippen molar-refractivity contribution in [3.63, 3.8) is 0 Å². The lowest BCUT2D eigenvalue weighted by Gasteiger charge is -2.09. The molecule has 0 aromatic heterocycles. The van der Waals surface area contributed by atoms with Crippen molar-refractivity contribution in [1.82, 2.24) is 0 Å². The summed E-state index contributed by atoms with van der Waals surface area (Å²) >= 11 is 0.